The molecule has 0 heterocycles. The predicted molar refractivity (Wildman–Crippen MR) is 113 cm³/mol. The third-order valence-electron chi connectivity index (χ3n) is 3.84. The average Bonchev–Trinajstić information content (AvgIpc) is 2.66. The molecule has 1 amide bonds. The second-order valence-corrected chi connectivity index (χ2v) is 7.16. The van der Waals surface area contributed by atoms with Crippen molar-refractivity contribution in [3.63, 3.8) is 0 Å². The molecule has 0 aliphatic carbocycles. The Hall–Kier alpha value is -2.31. The maximum absolute atomic E-state index is 11.8. The summed E-state index contributed by atoms with van der Waals surface area (Å²) in [4.78, 5) is 11.8. The van der Waals surface area contributed by atoms with Gasteiger partial charge in [0, 0.05) is 11.6 Å². The van der Waals surface area contributed by atoms with Gasteiger partial charge in [0.25, 0.3) is 5.91 Å². The van der Waals surface area contributed by atoms with E-state index in [1.54, 1.807) is 0 Å². The number of carbonyl (C=O) groups excluding carboxylic acids is 1. The van der Waals surface area contributed by atoms with Crippen LogP contribution in [0.15, 0.2) is 48.5 Å². The van der Waals surface area contributed by atoms with E-state index in [9.17, 15) is 4.79 Å². The number of hydrogen-bond acceptors (Lipinski definition) is 3. The molecular weight excluding hydrogens is 382 g/mol. The molecule has 0 aliphatic heterocycles. The van der Waals surface area contributed by atoms with Crippen molar-refractivity contribution in [1.29, 1.82) is 0 Å². The molecule has 5 nitrogen and oxygen atoms in total. The molecule has 2 aromatic rings. The molecule has 0 aromatic heterocycles. The highest BCUT2D eigenvalue weighted by Gasteiger charge is 2.05. The molecule has 7 heteroatoms. The van der Waals surface area contributed by atoms with E-state index >= 15 is 0 Å². The molecule has 0 atom stereocenters. The fraction of sp³-hybridized carbons (Fsp3) is 0.300. The molecule has 2 aromatic carbocycles. The SMILES string of the molecule is CC(C)c1ccc(OCC(=O)NNC(=S)NCCc2ccc(Cl)cc2)cc1. The zero-order chi connectivity index (χ0) is 19.6. The van der Waals surface area contributed by atoms with Gasteiger partial charge in [-0.05, 0) is 59.9 Å². The average molecular weight is 406 g/mol. The van der Waals surface area contributed by atoms with Crippen molar-refractivity contribution >= 4 is 34.8 Å². The van der Waals surface area contributed by atoms with E-state index in [2.05, 4.69) is 30.0 Å². The molecule has 0 radical (unpaired) electrons. The third kappa shape index (κ3) is 7.85. The zero-order valence-electron chi connectivity index (χ0n) is 15.4. The molecule has 0 aliphatic rings. The van der Waals surface area contributed by atoms with Gasteiger partial charge in [-0.1, -0.05) is 49.7 Å². The summed E-state index contributed by atoms with van der Waals surface area (Å²) in [5.41, 5.74) is 7.54. The smallest absolute Gasteiger partial charge is 0.276 e. The van der Waals surface area contributed by atoms with Crippen LogP contribution in [0.1, 0.15) is 30.9 Å². The minimum absolute atomic E-state index is 0.0958. The second-order valence-electron chi connectivity index (χ2n) is 6.32. The summed E-state index contributed by atoms with van der Waals surface area (Å²) in [6.07, 6.45) is 0.794. The molecule has 3 N–H and O–H groups in total. The number of nitrogens with one attached hydrogen (secondary N) is 3. The zero-order valence-corrected chi connectivity index (χ0v) is 17.0. The Balaban J connectivity index is 1.61. The van der Waals surface area contributed by atoms with Crippen LogP contribution in [0, 0.1) is 0 Å². The first kappa shape index (κ1) is 21.0. The van der Waals surface area contributed by atoms with Crippen LogP contribution in [0.25, 0.3) is 0 Å². The van der Waals surface area contributed by atoms with Gasteiger partial charge in [0.1, 0.15) is 5.75 Å². The van der Waals surface area contributed by atoms with Crippen LogP contribution in [0.3, 0.4) is 0 Å². The molecule has 0 spiro atoms. The molecule has 0 unspecified atom stereocenters. The number of rotatable bonds is 7. The predicted octanol–water partition coefficient (Wildman–Crippen LogP) is 3.58. The molecule has 27 heavy (non-hydrogen) atoms. The van der Waals surface area contributed by atoms with Crippen LogP contribution in [0.5, 0.6) is 5.75 Å². The Labute approximate surface area is 170 Å². The Kier molecular flexibility index (Phi) is 8.36. The number of halogens is 1. The molecule has 0 saturated carbocycles. The van der Waals surface area contributed by atoms with Gasteiger partial charge in [0.05, 0.1) is 0 Å². The number of hydrazine groups is 1. The van der Waals surface area contributed by atoms with Crippen molar-refractivity contribution in [3.05, 3.63) is 64.7 Å². The van der Waals surface area contributed by atoms with Gasteiger partial charge in [-0.2, -0.15) is 0 Å². The molecule has 0 bridgehead atoms. The summed E-state index contributed by atoms with van der Waals surface area (Å²) in [5, 5.41) is 4.08. The minimum atomic E-state index is -0.315. The summed E-state index contributed by atoms with van der Waals surface area (Å²) in [7, 11) is 0. The third-order valence-corrected chi connectivity index (χ3v) is 4.34. The van der Waals surface area contributed by atoms with Crippen molar-refractivity contribution in [2.24, 2.45) is 0 Å². The lowest BCUT2D eigenvalue weighted by Crippen LogP contribution is -2.48. The van der Waals surface area contributed by atoms with Gasteiger partial charge >= 0.3 is 0 Å². The maximum atomic E-state index is 11.8. The summed E-state index contributed by atoms with van der Waals surface area (Å²) in [5.74, 6) is 0.794. The van der Waals surface area contributed by atoms with E-state index in [4.69, 9.17) is 28.6 Å². The first-order valence-corrected chi connectivity index (χ1v) is 9.52. The highest BCUT2D eigenvalue weighted by Crippen LogP contribution is 2.18. The lowest BCUT2D eigenvalue weighted by molar-refractivity contribution is -0.123. The minimum Gasteiger partial charge on any atom is -0.484 e. The topological polar surface area (TPSA) is 62.4 Å². The van der Waals surface area contributed by atoms with Gasteiger partial charge in [0.15, 0.2) is 11.7 Å². The number of ether oxygens (including phenoxy) is 1. The highest BCUT2D eigenvalue weighted by atomic mass is 35.5. The van der Waals surface area contributed by atoms with E-state index in [1.807, 2.05) is 48.5 Å². The second kappa shape index (κ2) is 10.7. The lowest BCUT2D eigenvalue weighted by atomic mass is 10.0. The standard InChI is InChI=1S/C20H24ClN3O2S/c1-14(2)16-5-9-18(10-6-16)26-13-19(25)23-24-20(27)22-12-11-15-3-7-17(21)8-4-15/h3-10,14H,11-13H2,1-2H3,(H,23,25)(H2,22,24,27). The van der Waals surface area contributed by atoms with Crippen molar-refractivity contribution in [1.82, 2.24) is 16.2 Å². The fourth-order valence-electron chi connectivity index (χ4n) is 2.28. The summed E-state index contributed by atoms with van der Waals surface area (Å²) in [6.45, 7) is 4.80. The van der Waals surface area contributed by atoms with Crippen LogP contribution in [0.4, 0.5) is 0 Å². The maximum Gasteiger partial charge on any atom is 0.276 e. The Morgan fingerprint density at radius 2 is 1.74 bits per heavy atom. The largest absolute Gasteiger partial charge is 0.484 e. The normalized spacial score (nSPS) is 10.4. The van der Waals surface area contributed by atoms with Crippen LogP contribution < -0.4 is 20.9 Å². The van der Waals surface area contributed by atoms with Gasteiger partial charge < -0.3 is 10.1 Å². The monoisotopic (exact) mass is 405 g/mol. The number of benzene rings is 2. The van der Waals surface area contributed by atoms with Gasteiger partial charge in [-0.15, -0.1) is 0 Å². The van der Waals surface area contributed by atoms with E-state index in [0.29, 0.717) is 28.3 Å². The molecular formula is C20H24ClN3O2S. The molecule has 144 valence electrons. The van der Waals surface area contributed by atoms with Crippen molar-refractivity contribution in [2.75, 3.05) is 13.2 Å². The van der Waals surface area contributed by atoms with E-state index < -0.39 is 0 Å². The first-order valence-electron chi connectivity index (χ1n) is 8.74. The number of amides is 1. The van der Waals surface area contributed by atoms with Crippen molar-refractivity contribution < 1.29 is 9.53 Å². The van der Waals surface area contributed by atoms with Crippen LogP contribution >= 0.6 is 23.8 Å². The summed E-state index contributed by atoms with van der Waals surface area (Å²) in [6, 6.07) is 15.3. The van der Waals surface area contributed by atoms with Gasteiger partial charge in [-0.3, -0.25) is 15.6 Å². The highest BCUT2D eigenvalue weighted by molar-refractivity contribution is 7.80. The van der Waals surface area contributed by atoms with E-state index in [0.717, 1.165) is 12.0 Å². The van der Waals surface area contributed by atoms with Gasteiger partial charge in [0.2, 0.25) is 0 Å². The van der Waals surface area contributed by atoms with E-state index in [1.165, 1.54) is 5.56 Å². The quantitative estimate of drug-likeness (QED) is 0.485. The molecule has 0 fully saturated rings. The summed E-state index contributed by atoms with van der Waals surface area (Å²) >= 11 is 11.0. The van der Waals surface area contributed by atoms with Crippen molar-refractivity contribution in [3.8, 4) is 5.75 Å². The number of thiocarbonyl (C=S) groups is 1. The van der Waals surface area contributed by atoms with Crippen LogP contribution in [-0.2, 0) is 11.2 Å². The fourth-order valence-corrected chi connectivity index (χ4v) is 2.56. The van der Waals surface area contributed by atoms with Crippen molar-refractivity contribution in [2.45, 2.75) is 26.2 Å². The number of carbonyl (C=O) groups is 1. The Bertz CT molecular complexity index is 749. The summed E-state index contributed by atoms with van der Waals surface area (Å²) < 4.78 is 5.46. The van der Waals surface area contributed by atoms with Gasteiger partial charge in [-0.25, -0.2) is 0 Å². The van der Waals surface area contributed by atoms with E-state index in [-0.39, 0.29) is 12.5 Å². The van der Waals surface area contributed by atoms with Crippen LogP contribution in [0.2, 0.25) is 5.02 Å². The lowest BCUT2D eigenvalue weighted by Gasteiger charge is -2.12. The first-order chi connectivity index (χ1) is 12.9. The van der Waals surface area contributed by atoms with Crippen LogP contribution in [-0.4, -0.2) is 24.2 Å². The number of hydrogen-bond donors (Lipinski definition) is 3. The molecule has 0 saturated heterocycles. The Morgan fingerprint density at radius 3 is 2.37 bits per heavy atom. The molecule has 2 rings (SSSR count). The Morgan fingerprint density at radius 1 is 1.07 bits per heavy atom.